The summed E-state index contributed by atoms with van der Waals surface area (Å²) >= 11 is 1.40. The first-order valence-electron chi connectivity index (χ1n) is 9.02. The number of thioether (sulfide) groups is 1. The van der Waals surface area contributed by atoms with Gasteiger partial charge in [-0.15, -0.1) is 16.8 Å². The maximum Gasteiger partial charge on any atom is 0.191 e. The molecule has 0 radical (unpaired) electrons. The highest BCUT2D eigenvalue weighted by molar-refractivity contribution is 7.99. The summed E-state index contributed by atoms with van der Waals surface area (Å²) in [5, 5.41) is 9.99. The Labute approximate surface area is 167 Å². The van der Waals surface area contributed by atoms with E-state index in [1.807, 2.05) is 66.1 Å². The standard InChI is InChI=1S/C22H20N4OS/c1-3-13-26-15(2)24-25-22(26)28-14-19(27)20-17-11-7-8-12-18(17)23-21(20)16-9-5-4-6-10-16/h3-12,23H,1,13-14H2,2H3. The normalized spacial score (nSPS) is 11.0. The number of carbonyl (C=O) groups excluding carboxylic acids is 1. The van der Waals surface area contributed by atoms with Crippen molar-refractivity contribution in [2.24, 2.45) is 0 Å². The summed E-state index contributed by atoms with van der Waals surface area (Å²) in [4.78, 5) is 16.7. The summed E-state index contributed by atoms with van der Waals surface area (Å²) in [6.07, 6.45) is 1.80. The molecule has 0 saturated heterocycles. The third-order valence-electron chi connectivity index (χ3n) is 4.59. The first-order valence-corrected chi connectivity index (χ1v) is 10.0. The summed E-state index contributed by atoms with van der Waals surface area (Å²) in [7, 11) is 0. The number of carbonyl (C=O) groups is 1. The number of aromatic nitrogens is 4. The van der Waals surface area contributed by atoms with Crippen LogP contribution in [0.15, 0.2) is 72.4 Å². The number of nitrogens with one attached hydrogen (secondary N) is 1. The van der Waals surface area contributed by atoms with Gasteiger partial charge in [0.15, 0.2) is 10.9 Å². The van der Waals surface area contributed by atoms with E-state index in [-0.39, 0.29) is 11.5 Å². The fourth-order valence-electron chi connectivity index (χ4n) is 3.26. The maximum atomic E-state index is 13.2. The highest BCUT2D eigenvalue weighted by atomic mass is 32.2. The monoisotopic (exact) mass is 388 g/mol. The fraction of sp³-hybridized carbons (Fsp3) is 0.136. The number of hydrogen-bond donors (Lipinski definition) is 1. The van der Waals surface area contributed by atoms with E-state index in [1.54, 1.807) is 6.08 Å². The molecule has 0 atom stereocenters. The Bertz CT molecular complexity index is 1140. The molecule has 0 amide bonds. The van der Waals surface area contributed by atoms with E-state index in [1.165, 1.54) is 11.8 Å². The van der Waals surface area contributed by atoms with Gasteiger partial charge in [-0.3, -0.25) is 4.79 Å². The Morgan fingerprint density at radius 3 is 2.68 bits per heavy atom. The van der Waals surface area contributed by atoms with Crippen molar-refractivity contribution in [3.8, 4) is 11.3 Å². The number of aromatic amines is 1. The molecule has 1 N–H and O–H groups in total. The Balaban J connectivity index is 1.69. The molecule has 2 heterocycles. The van der Waals surface area contributed by atoms with Gasteiger partial charge >= 0.3 is 0 Å². The van der Waals surface area contributed by atoms with Crippen molar-refractivity contribution in [3.05, 3.63) is 78.6 Å². The Hall–Kier alpha value is -3.12. The molecule has 28 heavy (non-hydrogen) atoms. The zero-order valence-corrected chi connectivity index (χ0v) is 16.4. The lowest BCUT2D eigenvalue weighted by molar-refractivity contribution is 0.102. The van der Waals surface area contributed by atoms with Gasteiger partial charge in [-0.05, 0) is 18.6 Å². The Morgan fingerprint density at radius 2 is 1.89 bits per heavy atom. The lowest BCUT2D eigenvalue weighted by atomic mass is 10.0. The molecule has 4 rings (SSSR count). The van der Waals surface area contributed by atoms with Crippen LogP contribution in [0.3, 0.4) is 0 Å². The van der Waals surface area contributed by atoms with Crippen LogP contribution in [0.2, 0.25) is 0 Å². The summed E-state index contributed by atoms with van der Waals surface area (Å²) in [6.45, 7) is 6.30. The molecule has 6 heteroatoms. The van der Waals surface area contributed by atoms with Gasteiger partial charge in [0, 0.05) is 17.4 Å². The van der Waals surface area contributed by atoms with Crippen LogP contribution in [-0.2, 0) is 6.54 Å². The molecule has 0 saturated carbocycles. The lowest BCUT2D eigenvalue weighted by Crippen LogP contribution is -2.06. The highest BCUT2D eigenvalue weighted by Crippen LogP contribution is 2.32. The van der Waals surface area contributed by atoms with Gasteiger partial charge in [0.05, 0.1) is 17.0 Å². The van der Waals surface area contributed by atoms with Crippen molar-refractivity contribution in [3.63, 3.8) is 0 Å². The number of H-pyrrole nitrogens is 1. The van der Waals surface area contributed by atoms with E-state index in [2.05, 4.69) is 21.8 Å². The van der Waals surface area contributed by atoms with Crippen LogP contribution in [0, 0.1) is 6.92 Å². The van der Waals surface area contributed by atoms with E-state index >= 15 is 0 Å². The minimum atomic E-state index is 0.0621. The molecule has 0 spiro atoms. The van der Waals surface area contributed by atoms with Gasteiger partial charge in [0.25, 0.3) is 0 Å². The van der Waals surface area contributed by atoms with Crippen molar-refractivity contribution < 1.29 is 4.79 Å². The van der Waals surface area contributed by atoms with Gasteiger partial charge in [0.1, 0.15) is 5.82 Å². The largest absolute Gasteiger partial charge is 0.354 e. The number of para-hydroxylation sites is 1. The average Bonchev–Trinajstić information content (AvgIpc) is 3.28. The first-order chi connectivity index (χ1) is 13.7. The van der Waals surface area contributed by atoms with Crippen molar-refractivity contribution >= 4 is 28.4 Å². The zero-order valence-electron chi connectivity index (χ0n) is 15.6. The predicted molar refractivity (Wildman–Crippen MR) is 114 cm³/mol. The molecule has 0 aliphatic heterocycles. The number of Topliss-reactive ketones (excluding diaryl/α,β-unsaturated/α-hetero) is 1. The van der Waals surface area contributed by atoms with Crippen LogP contribution in [0.4, 0.5) is 0 Å². The van der Waals surface area contributed by atoms with Crippen LogP contribution < -0.4 is 0 Å². The number of ketones is 1. The van der Waals surface area contributed by atoms with Gasteiger partial charge < -0.3 is 9.55 Å². The van der Waals surface area contributed by atoms with Crippen molar-refractivity contribution in [1.82, 2.24) is 19.7 Å². The number of hydrogen-bond acceptors (Lipinski definition) is 4. The van der Waals surface area contributed by atoms with Crippen LogP contribution in [0.5, 0.6) is 0 Å². The van der Waals surface area contributed by atoms with Gasteiger partial charge in [-0.2, -0.15) is 0 Å². The quantitative estimate of drug-likeness (QED) is 0.278. The molecule has 0 aliphatic carbocycles. The summed E-state index contributed by atoms with van der Waals surface area (Å²) in [6, 6.07) is 17.9. The smallest absolute Gasteiger partial charge is 0.191 e. The number of benzene rings is 2. The Morgan fingerprint density at radius 1 is 1.14 bits per heavy atom. The van der Waals surface area contributed by atoms with E-state index < -0.39 is 0 Å². The number of fused-ring (bicyclic) bond motifs is 1. The SMILES string of the molecule is C=CCn1c(C)nnc1SCC(=O)c1c(-c2ccccc2)[nH]c2ccccc12. The second-order valence-corrected chi connectivity index (χ2v) is 7.37. The molecule has 2 aromatic carbocycles. The minimum absolute atomic E-state index is 0.0621. The molecule has 0 unspecified atom stereocenters. The molecule has 140 valence electrons. The summed E-state index contributed by atoms with van der Waals surface area (Å²) < 4.78 is 1.96. The van der Waals surface area contributed by atoms with E-state index in [0.717, 1.165) is 38.7 Å². The molecule has 0 aliphatic rings. The van der Waals surface area contributed by atoms with Crippen LogP contribution in [0.1, 0.15) is 16.2 Å². The van der Waals surface area contributed by atoms with E-state index in [9.17, 15) is 4.79 Å². The van der Waals surface area contributed by atoms with Gasteiger partial charge in [0.2, 0.25) is 0 Å². The number of nitrogens with zero attached hydrogens (tertiary/aromatic N) is 3. The summed E-state index contributed by atoms with van der Waals surface area (Å²) in [5.41, 5.74) is 3.54. The third kappa shape index (κ3) is 3.39. The number of rotatable bonds is 7. The van der Waals surface area contributed by atoms with Gasteiger partial charge in [-0.1, -0.05) is 66.4 Å². The second-order valence-electron chi connectivity index (χ2n) is 6.43. The molecule has 5 nitrogen and oxygen atoms in total. The van der Waals surface area contributed by atoms with Crippen LogP contribution >= 0.6 is 11.8 Å². The van der Waals surface area contributed by atoms with Crippen molar-refractivity contribution in [1.29, 1.82) is 0 Å². The molecular formula is C22H20N4OS. The van der Waals surface area contributed by atoms with Crippen molar-refractivity contribution in [2.45, 2.75) is 18.6 Å². The molecule has 4 aromatic rings. The molecule has 2 aromatic heterocycles. The van der Waals surface area contributed by atoms with E-state index in [4.69, 9.17) is 0 Å². The number of allylic oxidation sites excluding steroid dienone is 1. The fourth-order valence-corrected chi connectivity index (χ4v) is 4.13. The van der Waals surface area contributed by atoms with Gasteiger partial charge in [-0.25, -0.2) is 0 Å². The van der Waals surface area contributed by atoms with Crippen LogP contribution in [0.25, 0.3) is 22.2 Å². The predicted octanol–water partition coefficient (Wildman–Crippen LogP) is 4.90. The maximum absolute atomic E-state index is 13.2. The summed E-state index contributed by atoms with van der Waals surface area (Å²) in [5.74, 6) is 1.16. The van der Waals surface area contributed by atoms with Crippen LogP contribution in [-0.4, -0.2) is 31.3 Å². The second kappa shape index (κ2) is 7.86. The zero-order chi connectivity index (χ0) is 19.5. The first kappa shape index (κ1) is 18.3. The lowest BCUT2D eigenvalue weighted by Gasteiger charge is -2.06. The number of aryl methyl sites for hydroxylation is 1. The molecule has 0 bridgehead atoms. The topological polar surface area (TPSA) is 63.6 Å². The Kier molecular flexibility index (Phi) is 5.12. The molecule has 0 fully saturated rings. The van der Waals surface area contributed by atoms with Crippen molar-refractivity contribution in [2.75, 3.05) is 5.75 Å². The minimum Gasteiger partial charge on any atom is -0.354 e. The molecular weight excluding hydrogens is 368 g/mol. The van der Waals surface area contributed by atoms with E-state index in [0.29, 0.717) is 6.54 Å². The third-order valence-corrected chi connectivity index (χ3v) is 5.56. The highest BCUT2D eigenvalue weighted by Gasteiger charge is 2.20. The average molecular weight is 388 g/mol.